The number of rotatable bonds is 5. The summed E-state index contributed by atoms with van der Waals surface area (Å²) in [6.45, 7) is 1.86. The number of benzene rings is 1. The van der Waals surface area contributed by atoms with Crippen LogP contribution in [-0.2, 0) is 4.79 Å². The number of halogens is 3. The highest BCUT2D eigenvalue weighted by Crippen LogP contribution is 2.30. The minimum absolute atomic E-state index is 0.00948. The van der Waals surface area contributed by atoms with Crippen molar-refractivity contribution in [1.82, 2.24) is 0 Å². The fraction of sp³-hybridized carbons (Fsp3) is 0.364. The van der Waals surface area contributed by atoms with Gasteiger partial charge < -0.3 is 4.74 Å². The molecule has 0 unspecified atom stereocenters. The molecule has 0 aliphatic heterocycles. The molecule has 2 nitrogen and oxygen atoms in total. The van der Waals surface area contributed by atoms with Gasteiger partial charge in [0.05, 0.1) is 9.50 Å². The van der Waals surface area contributed by atoms with Crippen LogP contribution in [0, 0.1) is 5.82 Å². The molecule has 0 saturated carbocycles. The normalized spacial score (nSPS) is 10.2. The zero-order valence-corrected chi connectivity index (χ0v) is 11.1. The number of ketones is 1. The smallest absolute Gasteiger partial charge is 0.170 e. The average Bonchev–Trinajstić information content (AvgIpc) is 2.22. The molecule has 1 aromatic rings. The Bertz CT molecular complexity index is 396. The van der Waals surface area contributed by atoms with Gasteiger partial charge in [-0.15, -0.1) is 0 Å². The van der Waals surface area contributed by atoms with Gasteiger partial charge >= 0.3 is 0 Å². The summed E-state index contributed by atoms with van der Waals surface area (Å²) in [7, 11) is 0. The Balaban J connectivity index is 2.67. The lowest BCUT2D eigenvalue weighted by Gasteiger charge is -2.08. The van der Waals surface area contributed by atoms with Crippen molar-refractivity contribution in [1.29, 1.82) is 0 Å². The summed E-state index contributed by atoms with van der Waals surface area (Å²) in [5, 5.41) is 0.0131. The predicted molar refractivity (Wildman–Crippen MR) is 64.5 cm³/mol. The fourth-order valence-corrected chi connectivity index (χ4v) is 1.88. The quantitative estimate of drug-likeness (QED) is 0.769. The summed E-state index contributed by atoms with van der Waals surface area (Å²) in [4.78, 5) is 11.2. The summed E-state index contributed by atoms with van der Waals surface area (Å²) < 4.78 is 18.8. The third-order valence-electron chi connectivity index (χ3n) is 1.89. The first-order valence-electron chi connectivity index (χ1n) is 4.83. The van der Waals surface area contributed by atoms with Crippen molar-refractivity contribution in [2.75, 3.05) is 6.61 Å². The highest BCUT2D eigenvalue weighted by Gasteiger charge is 2.09. The summed E-state index contributed by atoms with van der Waals surface area (Å²) in [6, 6.07) is 2.56. The Hall–Kier alpha value is -0.610. The SMILES string of the molecule is CCCC(=O)COc1cc(F)c(Cl)cc1Br. The van der Waals surface area contributed by atoms with Crippen molar-refractivity contribution >= 4 is 33.3 Å². The van der Waals surface area contributed by atoms with Crippen LogP contribution < -0.4 is 4.74 Å². The van der Waals surface area contributed by atoms with Gasteiger partial charge in [0.2, 0.25) is 0 Å². The van der Waals surface area contributed by atoms with Crippen LogP contribution in [-0.4, -0.2) is 12.4 Å². The maximum atomic E-state index is 13.1. The van der Waals surface area contributed by atoms with Crippen LogP contribution in [0.3, 0.4) is 0 Å². The Morgan fingerprint density at radius 2 is 2.25 bits per heavy atom. The van der Waals surface area contributed by atoms with Crippen molar-refractivity contribution in [3.05, 3.63) is 27.4 Å². The molecular weight excluding hydrogens is 298 g/mol. The molecule has 1 aromatic carbocycles. The second kappa shape index (κ2) is 6.21. The number of hydrogen-bond donors (Lipinski definition) is 0. The van der Waals surface area contributed by atoms with Gasteiger partial charge in [0.25, 0.3) is 0 Å². The van der Waals surface area contributed by atoms with E-state index in [1.54, 1.807) is 0 Å². The molecule has 0 aromatic heterocycles. The van der Waals surface area contributed by atoms with E-state index in [0.717, 1.165) is 12.5 Å². The highest BCUT2D eigenvalue weighted by atomic mass is 79.9. The van der Waals surface area contributed by atoms with Crippen LogP contribution in [0.5, 0.6) is 5.75 Å². The number of ether oxygens (including phenoxy) is 1. The molecule has 5 heteroatoms. The minimum Gasteiger partial charge on any atom is -0.485 e. The van der Waals surface area contributed by atoms with E-state index < -0.39 is 5.82 Å². The molecule has 0 radical (unpaired) electrons. The number of carbonyl (C=O) groups is 1. The molecule has 0 aliphatic rings. The summed E-state index contributed by atoms with van der Waals surface area (Å²) in [6.07, 6.45) is 1.24. The molecular formula is C11H11BrClFO2. The second-order valence-corrected chi connectivity index (χ2v) is 4.54. The van der Waals surface area contributed by atoms with Crippen molar-refractivity contribution in [3.63, 3.8) is 0 Å². The molecule has 0 spiro atoms. The van der Waals surface area contributed by atoms with E-state index in [9.17, 15) is 9.18 Å². The minimum atomic E-state index is -0.567. The standard InChI is InChI=1S/C11H11BrClFO2/c1-2-3-7(15)6-16-11-5-10(14)9(13)4-8(11)12/h4-5H,2-3,6H2,1H3. The molecule has 0 aliphatic carbocycles. The van der Waals surface area contributed by atoms with E-state index in [1.165, 1.54) is 6.07 Å². The van der Waals surface area contributed by atoms with Gasteiger partial charge in [-0.3, -0.25) is 4.79 Å². The van der Waals surface area contributed by atoms with Crippen molar-refractivity contribution in [2.45, 2.75) is 19.8 Å². The summed E-state index contributed by atoms with van der Waals surface area (Å²) in [5.74, 6) is -0.293. The van der Waals surface area contributed by atoms with E-state index in [2.05, 4.69) is 15.9 Å². The van der Waals surface area contributed by atoms with E-state index in [4.69, 9.17) is 16.3 Å². The lowest BCUT2D eigenvalue weighted by Crippen LogP contribution is -2.10. The molecule has 0 amide bonds. The highest BCUT2D eigenvalue weighted by molar-refractivity contribution is 9.10. The molecule has 88 valence electrons. The number of carbonyl (C=O) groups excluding carboxylic acids is 1. The van der Waals surface area contributed by atoms with Crippen LogP contribution in [0.4, 0.5) is 4.39 Å². The zero-order chi connectivity index (χ0) is 12.1. The molecule has 0 saturated heterocycles. The molecule has 0 fully saturated rings. The van der Waals surface area contributed by atoms with Gasteiger partial charge in [0.1, 0.15) is 18.2 Å². The van der Waals surface area contributed by atoms with Crippen LogP contribution in [0.1, 0.15) is 19.8 Å². The van der Waals surface area contributed by atoms with Crippen LogP contribution in [0.15, 0.2) is 16.6 Å². The summed E-state index contributed by atoms with van der Waals surface area (Å²) in [5.41, 5.74) is 0. The maximum Gasteiger partial charge on any atom is 0.170 e. The second-order valence-electron chi connectivity index (χ2n) is 3.27. The van der Waals surface area contributed by atoms with Crippen LogP contribution >= 0.6 is 27.5 Å². The van der Waals surface area contributed by atoms with Gasteiger partial charge in [-0.05, 0) is 28.4 Å². The molecule has 0 heterocycles. The molecule has 0 atom stereocenters. The molecule has 1 rings (SSSR count). The largest absolute Gasteiger partial charge is 0.485 e. The zero-order valence-electron chi connectivity index (χ0n) is 8.73. The Morgan fingerprint density at radius 3 is 2.88 bits per heavy atom. The van der Waals surface area contributed by atoms with Gasteiger partial charge in [-0.25, -0.2) is 4.39 Å². The molecule has 0 bridgehead atoms. The Kier molecular flexibility index (Phi) is 5.22. The maximum absolute atomic E-state index is 13.1. The topological polar surface area (TPSA) is 26.3 Å². The average molecular weight is 310 g/mol. The van der Waals surface area contributed by atoms with Gasteiger partial charge in [0.15, 0.2) is 5.78 Å². The van der Waals surface area contributed by atoms with Gasteiger partial charge in [-0.1, -0.05) is 18.5 Å². The van der Waals surface area contributed by atoms with Crippen LogP contribution in [0.25, 0.3) is 0 Å². The van der Waals surface area contributed by atoms with Crippen molar-refractivity contribution < 1.29 is 13.9 Å². The monoisotopic (exact) mass is 308 g/mol. The van der Waals surface area contributed by atoms with Crippen molar-refractivity contribution in [3.8, 4) is 5.75 Å². The first-order valence-corrected chi connectivity index (χ1v) is 6.00. The lowest BCUT2D eigenvalue weighted by atomic mass is 10.2. The van der Waals surface area contributed by atoms with Gasteiger partial charge in [-0.2, -0.15) is 0 Å². The lowest BCUT2D eigenvalue weighted by molar-refractivity contribution is -0.121. The van der Waals surface area contributed by atoms with Gasteiger partial charge in [0, 0.05) is 12.5 Å². The fourth-order valence-electron chi connectivity index (χ4n) is 1.12. The van der Waals surface area contributed by atoms with E-state index in [-0.39, 0.29) is 23.2 Å². The Labute approximate surface area is 107 Å². The molecule has 16 heavy (non-hydrogen) atoms. The van der Waals surface area contributed by atoms with Crippen molar-refractivity contribution in [2.24, 2.45) is 0 Å². The third-order valence-corrected chi connectivity index (χ3v) is 2.80. The third kappa shape index (κ3) is 3.76. The first-order chi connectivity index (χ1) is 7.54. The van der Waals surface area contributed by atoms with E-state index in [1.807, 2.05) is 6.92 Å². The predicted octanol–water partition coefficient (Wildman–Crippen LogP) is 3.99. The first kappa shape index (κ1) is 13.5. The summed E-state index contributed by atoms with van der Waals surface area (Å²) >= 11 is 8.75. The number of Topliss-reactive ketones (excluding diaryl/α,β-unsaturated/α-hetero) is 1. The number of hydrogen-bond acceptors (Lipinski definition) is 2. The van der Waals surface area contributed by atoms with E-state index >= 15 is 0 Å². The van der Waals surface area contributed by atoms with E-state index in [0.29, 0.717) is 10.9 Å². The molecule has 0 N–H and O–H groups in total. The van der Waals surface area contributed by atoms with Crippen LogP contribution in [0.2, 0.25) is 5.02 Å². The Morgan fingerprint density at radius 1 is 1.56 bits per heavy atom.